The Bertz CT molecular complexity index is 1440. The molecule has 0 aromatic heterocycles. The molecule has 45 heavy (non-hydrogen) atoms. The number of halogens is 1. The van der Waals surface area contributed by atoms with Crippen molar-refractivity contribution in [3.05, 3.63) is 90.5 Å². The zero-order valence-corrected chi connectivity index (χ0v) is 28.6. The van der Waals surface area contributed by atoms with Crippen molar-refractivity contribution in [2.45, 2.75) is 66.9 Å². The van der Waals surface area contributed by atoms with Crippen molar-refractivity contribution in [2.75, 3.05) is 31.1 Å². The maximum atomic E-state index is 14.9. The number of hydrogen-bond donors (Lipinski definition) is 1. The van der Waals surface area contributed by atoms with Crippen LogP contribution in [0.3, 0.4) is 0 Å². The van der Waals surface area contributed by atoms with Crippen LogP contribution < -0.4 is 4.90 Å². The third kappa shape index (κ3) is 6.28. The summed E-state index contributed by atoms with van der Waals surface area (Å²) in [6.45, 7) is 13.5. The maximum absolute atomic E-state index is 14.9. The number of nitrogens with zero attached hydrogens (tertiary/aromatic N) is 3. The van der Waals surface area contributed by atoms with Crippen molar-refractivity contribution in [1.82, 2.24) is 9.80 Å². The summed E-state index contributed by atoms with van der Waals surface area (Å²) in [7, 11) is 0. The third-order valence-corrected chi connectivity index (χ3v) is 12.7. The van der Waals surface area contributed by atoms with Crippen LogP contribution in [0.4, 0.5) is 5.69 Å². The first kappa shape index (κ1) is 33.5. The summed E-state index contributed by atoms with van der Waals surface area (Å²) in [5, 5.41) is 9.26. The van der Waals surface area contributed by atoms with E-state index in [1.54, 1.807) is 38.6 Å². The number of carbonyl (C=O) groups is 3. The van der Waals surface area contributed by atoms with Gasteiger partial charge in [-0.25, -0.2) is 0 Å². The number of thioether (sulfide) groups is 1. The molecule has 9 heteroatoms. The first-order valence-corrected chi connectivity index (χ1v) is 17.6. The number of unbranched alkanes of at least 4 members (excludes halogenated alkanes) is 2. The van der Waals surface area contributed by atoms with E-state index in [1.807, 2.05) is 62.4 Å². The van der Waals surface area contributed by atoms with Crippen LogP contribution >= 0.6 is 27.7 Å². The number of aliphatic hydroxyl groups excluding tert-OH is 1. The number of alkyl halides is 1. The van der Waals surface area contributed by atoms with Gasteiger partial charge in [-0.15, -0.1) is 24.9 Å². The maximum Gasteiger partial charge on any atom is 0.251 e. The Morgan fingerprint density at radius 3 is 2.49 bits per heavy atom. The smallest absolute Gasteiger partial charge is 0.251 e. The second-order valence-corrected chi connectivity index (χ2v) is 15.2. The molecule has 0 radical (unpaired) electrons. The largest absolute Gasteiger partial charge is 0.396 e. The molecule has 3 amide bonds. The highest BCUT2D eigenvalue weighted by Crippen LogP contribution is 2.68. The average Bonchev–Trinajstić information content (AvgIpc) is 3.62. The quantitative estimate of drug-likeness (QED) is 0.157. The summed E-state index contributed by atoms with van der Waals surface area (Å²) in [4.78, 5) is 49.4. The lowest BCUT2D eigenvalue weighted by molar-refractivity contribution is -0.144. The van der Waals surface area contributed by atoms with Crippen LogP contribution in [0.1, 0.15) is 42.4 Å². The van der Waals surface area contributed by atoms with Crippen LogP contribution in [0.2, 0.25) is 0 Å². The molecule has 2 aromatic rings. The standard InChI is InChI=1S/C36H44BrN3O4S/c1-5-17-38(23-26-13-9-7-10-14-26)33(42)29-30-34(43)40(19-11-8-12-20-41)32(36(30)22-27(37)31(29)45-36)35(44)39(18-6-2)28-21-24(3)15-16-25(28)4/h5-7,9-10,13-16,21,27,29-32,41H,1-2,8,11-12,17-20,22-23H2,3-4H3/t27?,29-,30+,31-,32?,36?/m1/s1. The van der Waals surface area contributed by atoms with Crippen molar-refractivity contribution >= 4 is 51.1 Å². The fourth-order valence-electron chi connectivity index (χ4n) is 7.50. The molecule has 2 bridgehead atoms. The van der Waals surface area contributed by atoms with E-state index >= 15 is 0 Å². The molecular formula is C36H44BrN3O4S. The van der Waals surface area contributed by atoms with E-state index in [0.717, 1.165) is 28.8 Å². The molecule has 3 aliphatic heterocycles. The molecule has 7 nitrogen and oxygen atoms in total. The summed E-state index contributed by atoms with van der Waals surface area (Å²) in [5.41, 5.74) is 3.84. The number of aliphatic hydroxyl groups is 1. The highest BCUT2D eigenvalue weighted by Gasteiger charge is 2.76. The van der Waals surface area contributed by atoms with Gasteiger partial charge in [0.25, 0.3) is 5.91 Å². The van der Waals surface area contributed by atoms with Crippen molar-refractivity contribution in [2.24, 2.45) is 11.8 Å². The van der Waals surface area contributed by atoms with E-state index in [1.165, 1.54) is 0 Å². The number of carbonyl (C=O) groups excluding carboxylic acids is 3. The minimum atomic E-state index is -0.742. The Labute approximate surface area is 279 Å². The van der Waals surface area contributed by atoms with Gasteiger partial charge in [0, 0.05) is 48.6 Å². The van der Waals surface area contributed by atoms with Gasteiger partial charge in [0.1, 0.15) is 6.04 Å². The number of fused-ring (bicyclic) bond motifs is 1. The minimum absolute atomic E-state index is 0.0130. The van der Waals surface area contributed by atoms with Gasteiger partial charge in [0.15, 0.2) is 0 Å². The van der Waals surface area contributed by atoms with E-state index in [0.29, 0.717) is 45.4 Å². The minimum Gasteiger partial charge on any atom is -0.396 e. The fourth-order valence-corrected chi connectivity index (χ4v) is 11.1. The summed E-state index contributed by atoms with van der Waals surface area (Å²) in [6, 6.07) is 15.2. The lowest BCUT2D eigenvalue weighted by Crippen LogP contribution is -2.56. The lowest BCUT2D eigenvalue weighted by Gasteiger charge is -2.38. The monoisotopic (exact) mass is 693 g/mol. The van der Waals surface area contributed by atoms with Gasteiger partial charge in [-0.3, -0.25) is 14.4 Å². The van der Waals surface area contributed by atoms with E-state index in [2.05, 4.69) is 29.1 Å². The molecule has 0 saturated carbocycles. The van der Waals surface area contributed by atoms with Crippen LogP contribution in [-0.2, 0) is 20.9 Å². The zero-order chi connectivity index (χ0) is 32.3. The molecule has 3 fully saturated rings. The summed E-state index contributed by atoms with van der Waals surface area (Å²) < 4.78 is -0.742. The topological polar surface area (TPSA) is 81.2 Å². The highest BCUT2D eigenvalue weighted by atomic mass is 79.9. The molecule has 3 heterocycles. The molecular weight excluding hydrogens is 650 g/mol. The summed E-state index contributed by atoms with van der Waals surface area (Å²) in [5.74, 6) is -1.47. The van der Waals surface area contributed by atoms with E-state index in [9.17, 15) is 19.5 Å². The number of amides is 3. The molecule has 240 valence electrons. The molecule has 1 spiro atoms. The van der Waals surface area contributed by atoms with E-state index in [4.69, 9.17) is 0 Å². The normalized spacial score (nSPS) is 26.5. The molecule has 0 aliphatic carbocycles. The van der Waals surface area contributed by atoms with Gasteiger partial charge in [-0.05, 0) is 62.3 Å². The predicted octanol–water partition coefficient (Wildman–Crippen LogP) is 5.66. The van der Waals surface area contributed by atoms with Gasteiger partial charge in [0.05, 0.1) is 16.6 Å². The Morgan fingerprint density at radius 2 is 1.80 bits per heavy atom. The van der Waals surface area contributed by atoms with Gasteiger partial charge < -0.3 is 19.8 Å². The van der Waals surface area contributed by atoms with Gasteiger partial charge in [-0.2, -0.15) is 0 Å². The Balaban J connectivity index is 1.55. The summed E-state index contributed by atoms with van der Waals surface area (Å²) >= 11 is 5.57. The Kier molecular flexibility index (Phi) is 10.6. The Hall–Kier alpha value is -2.88. The van der Waals surface area contributed by atoms with Crippen LogP contribution in [0, 0.1) is 25.7 Å². The van der Waals surface area contributed by atoms with E-state index < -0.39 is 22.6 Å². The first-order valence-electron chi connectivity index (χ1n) is 15.8. The van der Waals surface area contributed by atoms with Crippen molar-refractivity contribution in [1.29, 1.82) is 0 Å². The van der Waals surface area contributed by atoms with Crippen LogP contribution in [0.25, 0.3) is 0 Å². The highest BCUT2D eigenvalue weighted by molar-refractivity contribution is 9.09. The van der Waals surface area contributed by atoms with E-state index in [-0.39, 0.29) is 34.4 Å². The SMILES string of the molecule is C=CCN(Cc1ccccc1)C(=O)[C@H]1[C@@H]2SC3(CC2Br)C(C(=O)N(CC=C)c2cc(C)ccc2C)N(CCCCCO)C(=O)[C@H]13. The van der Waals surface area contributed by atoms with Gasteiger partial charge in [0.2, 0.25) is 11.8 Å². The van der Waals surface area contributed by atoms with Crippen LogP contribution in [-0.4, -0.2) is 79.7 Å². The fraction of sp³-hybridized carbons (Fsp3) is 0.472. The first-order chi connectivity index (χ1) is 21.7. The second kappa shape index (κ2) is 14.3. The Morgan fingerprint density at radius 1 is 1.07 bits per heavy atom. The molecule has 2 aromatic carbocycles. The van der Waals surface area contributed by atoms with Gasteiger partial charge in [-0.1, -0.05) is 70.5 Å². The number of benzene rings is 2. The average molecular weight is 695 g/mol. The van der Waals surface area contributed by atoms with Gasteiger partial charge >= 0.3 is 0 Å². The third-order valence-electron chi connectivity index (χ3n) is 9.48. The van der Waals surface area contributed by atoms with Crippen molar-refractivity contribution in [3.63, 3.8) is 0 Å². The van der Waals surface area contributed by atoms with Crippen LogP contribution in [0.5, 0.6) is 0 Å². The molecule has 3 saturated heterocycles. The van der Waals surface area contributed by atoms with Crippen LogP contribution in [0.15, 0.2) is 73.8 Å². The number of hydrogen-bond acceptors (Lipinski definition) is 5. The zero-order valence-electron chi connectivity index (χ0n) is 26.2. The molecule has 3 aliphatic rings. The lowest BCUT2D eigenvalue weighted by atomic mass is 9.70. The molecule has 6 atom stereocenters. The molecule has 3 unspecified atom stereocenters. The number of rotatable bonds is 14. The summed E-state index contributed by atoms with van der Waals surface area (Å²) in [6.07, 6.45) is 6.14. The van der Waals surface area contributed by atoms with Crippen molar-refractivity contribution < 1.29 is 19.5 Å². The van der Waals surface area contributed by atoms with Crippen molar-refractivity contribution in [3.8, 4) is 0 Å². The molecule has 5 rings (SSSR count). The number of likely N-dealkylation sites (tertiary alicyclic amines) is 1. The predicted molar refractivity (Wildman–Crippen MR) is 185 cm³/mol. The second-order valence-electron chi connectivity index (χ2n) is 12.5. The number of aryl methyl sites for hydroxylation is 2. The number of anilines is 1. The molecule has 1 N–H and O–H groups in total.